The number of rotatable bonds is 4. The summed E-state index contributed by atoms with van der Waals surface area (Å²) in [6.45, 7) is 0.829. The molecule has 0 saturated heterocycles. The topological polar surface area (TPSA) is 48.4 Å². The van der Waals surface area contributed by atoms with Gasteiger partial charge in [-0.15, -0.1) is 0 Å². The fraction of sp³-hybridized carbons (Fsp3) is 0.200. The number of carbonyl (C=O) groups is 1. The maximum absolute atomic E-state index is 13.1. The summed E-state index contributed by atoms with van der Waals surface area (Å²) in [6.07, 6.45) is 1.32. The highest BCUT2D eigenvalue weighted by atomic mass is 19.3. The Balaban J connectivity index is 2.10. The predicted octanol–water partition coefficient (Wildman–Crippen LogP) is 3.77. The number of alkyl halides is 2. The van der Waals surface area contributed by atoms with Crippen molar-refractivity contribution in [3.63, 3.8) is 0 Å². The van der Waals surface area contributed by atoms with E-state index >= 15 is 0 Å². The van der Waals surface area contributed by atoms with Crippen LogP contribution < -0.4 is 4.74 Å². The van der Waals surface area contributed by atoms with Crippen molar-refractivity contribution in [3.05, 3.63) is 53.7 Å². The first kappa shape index (κ1) is 14.9. The fourth-order valence-corrected chi connectivity index (χ4v) is 1.62. The van der Waals surface area contributed by atoms with Crippen molar-refractivity contribution in [2.24, 2.45) is 0 Å². The normalized spacial score (nSPS) is 11.0. The molecule has 110 valence electrons. The molecule has 21 heavy (non-hydrogen) atoms. The van der Waals surface area contributed by atoms with E-state index in [4.69, 9.17) is 4.74 Å². The van der Waals surface area contributed by atoms with Crippen LogP contribution >= 0.6 is 0 Å². The van der Waals surface area contributed by atoms with Gasteiger partial charge in [-0.3, -0.25) is 0 Å². The van der Waals surface area contributed by atoms with Crippen LogP contribution in [0.1, 0.15) is 22.8 Å². The van der Waals surface area contributed by atoms with E-state index in [9.17, 15) is 13.6 Å². The molecular formula is C15H13F2NO3. The molecule has 0 atom stereocenters. The predicted molar refractivity (Wildman–Crippen MR) is 71.7 cm³/mol. The Morgan fingerprint density at radius 2 is 1.81 bits per heavy atom. The van der Waals surface area contributed by atoms with Gasteiger partial charge < -0.3 is 9.47 Å². The molecule has 1 heterocycles. The molecule has 0 aliphatic carbocycles. The molecule has 0 N–H and O–H groups in total. The molecule has 0 aliphatic heterocycles. The zero-order valence-corrected chi connectivity index (χ0v) is 11.5. The van der Waals surface area contributed by atoms with Crippen LogP contribution in [0.2, 0.25) is 0 Å². The number of benzene rings is 1. The molecule has 4 nitrogen and oxygen atoms in total. The number of halogens is 2. The van der Waals surface area contributed by atoms with Gasteiger partial charge in [0.05, 0.1) is 12.7 Å². The summed E-state index contributed by atoms with van der Waals surface area (Å²) in [5, 5.41) is 0. The highest BCUT2D eigenvalue weighted by Gasteiger charge is 2.23. The highest BCUT2D eigenvalue weighted by molar-refractivity contribution is 5.88. The number of nitrogens with zero attached hydrogens (tertiary/aromatic N) is 1. The van der Waals surface area contributed by atoms with Crippen LogP contribution in [0.3, 0.4) is 0 Å². The Labute approximate surface area is 120 Å². The zero-order chi connectivity index (χ0) is 15.5. The highest BCUT2D eigenvalue weighted by Crippen LogP contribution is 2.29. The third-order valence-electron chi connectivity index (χ3n) is 2.74. The number of pyridine rings is 1. The lowest BCUT2D eigenvalue weighted by Crippen LogP contribution is -2.06. The number of hydrogen-bond donors (Lipinski definition) is 0. The molecular weight excluding hydrogens is 280 g/mol. The second-order valence-electron chi connectivity index (χ2n) is 4.39. The van der Waals surface area contributed by atoms with Crippen molar-refractivity contribution in [1.29, 1.82) is 0 Å². The Kier molecular flexibility index (Phi) is 4.16. The smallest absolute Gasteiger partial charge is 0.339 e. The van der Waals surface area contributed by atoms with Gasteiger partial charge in [0.2, 0.25) is 5.88 Å². The first-order valence-electron chi connectivity index (χ1n) is 6.11. The number of hydrogen-bond acceptors (Lipinski definition) is 4. The molecule has 0 spiro atoms. The summed E-state index contributed by atoms with van der Waals surface area (Å²) in [4.78, 5) is 15.2. The first-order chi connectivity index (χ1) is 9.90. The monoisotopic (exact) mass is 293 g/mol. The van der Waals surface area contributed by atoms with Gasteiger partial charge >= 0.3 is 5.97 Å². The molecule has 0 radical (unpaired) electrons. The van der Waals surface area contributed by atoms with Crippen molar-refractivity contribution in [2.45, 2.75) is 12.8 Å². The third kappa shape index (κ3) is 3.75. The molecule has 0 bridgehead atoms. The van der Waals surface area contributed by atoms with Crippen molar-refractivity contribution in [1.82, 2.24) is 4.98 Å². The van der Waals surface area contributed by atoms with Crippen LogP contribution in [0.15, 0.2) is 42.6 Å². The first-order valence-corrected chi connectivity index (χ1v) is 6.11. The number of ether oxygens (including phenoxy) is 2. The van der Waals surface area contributed by atoms with E-state index in [-0.39, 0.29) is 11.4 Å². The average Bonchev–Trinajstić information content (AvgIpc) is 2.47. The number of aromatic nitrogens is 1. The van der Waals surface area contributed by atoms with Crippen molar-refractivity contribution >= 4 is 5.97 Å². The van der Waals surface area contributed by atoms with E-state index < -0.39 is 11.9 Å². The number of esters is 1. The van der Waals surface area contributed by atoms with E-state index in [0.29, 0.717) is 11.3 Å². The second kappa shape index (κ2) is 5.87. The quantitative estimate of drug-likeness (QED) is 0.805. The van der Waals surface area contributed by atoms with E-state index in [1.165, 1.54) is 49.7 Å². The van der Waals surface area contributed by atoms with Crippen LogP contribution in [-0.4, -0.2) is 18.1 Å². The minimum absolute atomic E-state index is 0.0937. The Morgan fingerprint density at radius 1 is 1.14 bits per heavy atom. The van der Waals surface area contributed by atoms with E-state index in [1.807, 2.05) is 0 Å². The van der Waals surface area contributed by atoms with Gasteiger partial charge in [-0.1, -0.05) is 0 Å². The maximum atomic E-state index is 13.1. The summed E-state index contributed by atoms with van der Waals surface area (Å²) in [7, 11) is 1.28. The fourth-order valence-electron chi connectivity index (χ4n) is 1.62. The average molecular weight is 293 g/mol. The molecule has 0 unspecified atom stereocenters. The van der Waals surface area contributed by atoms with Gasteiger partial charge in [0.15, 0.2) is 0 Å². The molecule has 0 amide bonds. The molecule has 1 aromatic carbocycles. The zero-order valence-electron chi connectivity index (χ0n) is 11.5. The van der Waals surface area contributed by atoms with Crippen LogP contribution in [0.4, 0.5) is 8.78 Å². The SMILES string of the molecule is COC(=O)c1ccc(Oc2ccc(C(C)(F)F)cc2)nc1. The lowest BCUT2D eigenvalue weighted by Gasteiger charge is -2.11. The van der Waals surface area contributed by atoms with Crippen molar-refractivity contribution in [3.8, 4) is 11.6 Å². The van der Waals surface area contributed by atoms with Crippen molar-refractivity contribution in [2.75, 3.05) is 7.11 Å². The molecule has 2 aromatic rings. The van der Waals surface area contributed by atoms with Gasteiger partial charge in [0.25, 0.3) is 5.92 Å². The lowest BCUT2D eigenvalue weighted by molar-refractivity contribution is 0.0174. The van der Waals surface area contributed by atoms with Crippen LogP contribution in [0, 0.1) is 0 Å². The van der Waals surface area contributed by atoms with Gasteiger partial charge in [0, 0.05) is 24.8 Å². The van der Waals surface area contributed by atoms with E-state index in [0.717, 1.165) is 6.92 Å². The maximum Gasteiger partial charge on any atom is 0.339 e. The Hall–Kier alpha value is -2.50. The third-order valence-corrected chi connectivity index (χ3v) is 2.74. The summed E-state index contributed by atoms with van der Waals surface area (Å²) in [5.74, 6) is -2.76. The molecule has 0 aliphatic rings. The van der Waals surface area contributed by atoms with Gasteiger partial charge in [-0.25, -0.2) is 18.6 Å². The summed E-state index contributed by atoms with van der Waals surface area (Å²) < 4.78 is 36.1. The number of carbonyl (C=O) groups excluding carboxylic acids is 1. The summed E-state index contributed by atoms with van der Waals surface area (Å²) in [6, 6.07) is 8.44. The minimum Gasteiger partial charge on any atom is -0.465 e. The van der Waals surface area contributed by atoms with Gasteiger partial charge in [0.1, 0.15) is 5.75 Å². The standard InChI is InChI=1S/C15H13F2NO3/c1-15(16,17)11-4-6-12(7-5-11)21-13-8-3-10(9-18-13)14(19)20-2/h3-9H,1-2H3. The number of methoxy groups -OCH3 is 1. The Bertz CT molecular complexity index is 619. The van der Waals surface area contributed by atoms with Gasteiger partial charge in [-0.05, 0) is 30.3 Å². The van der Waals surface area contributed by atoms with Crippen LogP contribution in [-0.2, 0) is 10.7 Å². The molecule has 0 fully saturated rings. The summed E-state index contributed by atoms with van der Waals surface area (Å²) in [5.41, 5.74) is 0.203. The van der Waals surface area contributed by atoms with Crippen LogP contribution in [0.25, 0.3) is 0 Å². The van der Waals surface area contributed by atoms with E-state index in [2.05, 4.69) is 9.72 Å². The molecule has 0 saturated carbocycles. The molecule has 6 heteroatoms. The summed E-state index contributed by atoms with van der Waals surface area (Å²) >= 11 is 0. The van der Waals surface area contributed by atoms with Crippen molar-refractivity contribution < 1.29 is 23.0 Å². The molecule has 2 rings (SSSR count). The van der Waals surface area contributed by atoms with Crippen LogP contribution in [0.5, 0.6) is 11.6 Å². The Morgan fingerprint density at radius 3 is 2.29 bits per heavy atom. The second-order valence-corrected chi connectivity index (χ2v) is 4.39. The largest absolute Gasteiger partial charge is 0.465 e. The minimum atomic E-state index is -2.89. The van der Waals surface area contributed by atoms with E-state index in [1.54, 1.807) is 0 Å². The van der Waals surface area contributed by atoms with Gasteiger partial charge in [-0.2, -0.15) is 0 Å². The molecule has 1 aromatic heterocycles. The lowest BCUT2D eigenvalue weighted by atomic mass is 10.1.